The van der Waals surface area contributed by atoms with Crippen LogP contribution in [0.15, 0.2) is 84.9 Å². The number of methoxy groups -OCH3 is 1. The van der Waals surface area contributed by atoms with Gasteiger partial charge in [0.05, 0.1) is 7.11 Å². The number of carbonyl (C=O) groups is 3. The molecule has 0 aromatic heterocycles. The number of esters is 1. The van der Waals surface area contributed by atoms with Crippen LogP contribution in [-0.4, -0.2) is 31.3 Å². The summed E-state index contributed by atoms with van der Waals surface area (Å²) in [5, 5.41) is 2.51. The number of rotatable bonds is 8. The van der Waals surface area contributed by atoms with Crippen LogP contribution in [0.2, 0.25) is 0 Å². The van der Waals surface area contributed by atoms with Crippen LogP contribution in [0.1, 0.15) is 32.4 Å². The number of ketones is 1. The van der Waals surface area contributed by atoms with Gasteiger partial charge in [-0.2, -0.15) is 0 Å². The Balaban J connectivity index is 1.67. The summed E-state index contributed by atoms with van der Waals surface area (Å²) in [4.78, 5) is 37.5. The molecule has 0 saturated heterocycles. The standard InChI is InChI=1S/C24H21NO5/c1-29-20-14-12-19(13-15-20)24(28)25-16-21(26)30-23(18-10-6-3-7-11-18)22(27)17-8-4-2-5-9-17/h2-15,23H,16H2,1H3,(H,25,28). The number of hydrogen-bond donors (Lipinski definition) is 1. The fourth-order valence-corrected chi connectivity index (χ4v) is 2.82. The van der Waals surface area contributed by atoms with Gasteiger partial charge in [-0.1, -0.05) is 60.7 Å². The van der Waals surface area contributed by atoms with Crippen LogP contribution < -0.4 is 10.1 Å². The lowest BCUT2D eigenvalue weighted by Gasteiger charge is -2.17. The van der Waals surface area contributed by atoms with Crippen LogP contribution in [0.4, 0.5) is 0 Å². The van der Waals surface area contributed by atoms with Crippen molar-refractivity contribution in [3.8, 4) is 5.75 Å². The van der Waals surface area contributed by atoms with Crippen LogP contribution in [0, 0.1) is 0 Å². The number of Topliss-reactive ketones (excluding diaryl/α,β-unsaturated/α-hetero) is 1. The van der Waals surface area contributed by atoms with Crippen LogP contribution in [-0.2, 0) is 9.53 Å². The quantitative estimate of drug-likeness (QED) is 0.459. The van der Waals surface area contributed by atoms with Crippen molar-refractivity contribution < 1.29 is 23.9 Å². The summed E-state index contributed by atoms with van der Waals surface area (Å²) in [5.74, 6) is -0.858. The minimum absolute atomic E-state index is 0.336. The molecule has 0 aliphatic rings. The zero-order valence-corrected chi connectivity index (χ0v) is 16.4. The second-order valence-corrected chi connectivity index (χ2v) is 6.42. The highest BCUT2D eigenvalue weighted by Gasteiger charge is 2.26. The molecule has 3 rings (SSSR count). The number of nitrogens with one attached hydrogen (secondary N) is 1. The van der Waals surface area contributed by atoms with Crippen LogP contribution in [0.5, 0.6) is 5.75 Å². The average molecular weight is 403 g/mol. The Bertz CT molecular complexity index is 1000. The lowest BCUT2D eigenvalue weighted by atomic mass is 10.00. The molecule has 1 amide bonds. The van der Waals surface area contributed by atoms with E-state index >= 15 is 0 Å². The van der Waals surface area contributed by atoms with Crippen molar-refractivity contribution in [1.82, 2.24) is 5.32 Å². The molecule has 0 heterocycles. The summed E-state index contributed by atoms with van der Waals surface area (Å²) < 4.78 is 10.5. The van der Waals surface area contributed by atoms with E-state index in [4.69, 9.17) is 9.47 Å². The first-order valence-corrected chi connectivity index (χ1v) is 9.34. The second kappa shape index (κ2) is 10.0. The maximum Gasteiger partial charge on any atom is 0.326 e. The van der Waals surface area contributed by atoms with Gasteiger partial charge in [-0.15, -0.1) is 0 Å². The lowest BCUT2D eigenvalue weighted by molar-refractivity contribution is -0.146. The van der Waals surface area contributed by atoms with Gasteiger partial charge in [0.2, 0.25) is 5.78 Å². The topological polar surface area (TPSA) is 81.7 Å². The molecule has 1 unspecified atom stereocenters. The van der Waals surface area contributed by atoms with Gasteiger partial charge in [-0.25, -0.2) is 0 Å². The van der Waals surface area contributed by atoms with Gasteiger partial charge >= 0.3 is 5.97 Å². The van der Waals surface area contributed by atoms with Gasteiger partial charge in [0, 0.05) is 16.7 Å². The molecule has 0 aliphatic carbocycles. The monoisotopic (exact) mass is 403 g/mol. The van der Waals surface area contributed by atoms with Crippen LogP contribution in [0.25, 0.3) is 0 Å². The number of benzene rings is 3. The van der Waals surface area contributed by atoms with Crippen molar-refractivity contribution in [2.24, 2.45) is 0 Å². The Morgan fingerprint density at radius 1 is 0.800 bits per heavy atom. The number of ether oxygens (including phenoxy) is 2. The van der Waals surface area contributed by atoms with E-state index in [1.807, 2.05) is 6.07 Å². The highest BCUT2D eigenvalue weighted by molar-refractivity contribution is 6.01. The Morgan fingerprint density at radius 2 is 1.40 bits per heavy atom. The third kappa shape index (κ3) is 5.32. The molecule has 6 nitrogen and oxygen atoms in total. The molecule has 0 fully saturated rings. The normalized spacial score (nSPS) is 11.2. The van der Waals surface area contributed by atoms with E-state index in [2.05, 4.69) is 5.32 Å². The number of hydrogen-bond acceptors (Lipinski definition) is 5. The first-order valence-electron chi connectivity index (χ1n) is 9.34. The fourth-order valence-electron chi connectivity index (χ4n) is 2.82. The zero-order valence-electron chi connectivity index (χ0n) is 16.4. The Morgan fingerprint density at radius 3 is 2.00 bits per heavy atom. The largest absolute Gasteiger partial charge is 0.497 e. The summed E-state index contributed by atoms with van der Waals surface area (Å²) in [5.41, 5.74) is 1.37. The highest BCUT2D eigenvalue weighted by atomic mass is 16.5. The van der Waals surface area contributed by atoms with Gasteiger partial charge in [0.25, 0.3) is 5.91 Å². The smallest absolute Gasteiger partial charge is 0.326 e. The van der Waals surface area contributed by atoms with Gasteiger partial charge < -0.3 is 14.8 Å². The van der Waals surface area contributed by atoms with Crippen molar-refractivity contribution in [3.05, 3.63) is 102 Å². The Kier molecular flexibility index (Phi) is 6.95. The third-order valence-corrected chi connectivity index (χ3v) is 4.39. The van der Waals surface area contributed by atoms with Crippen LogP contribution in [0.3, 0.4) is 0 Å². The molecule has 0 bridgehead atoms. The first kappa shape index (κ1) is 20.8. The summed E-state index contributed by atoms with van der Waals surface area (Å²) in [6, 6.07) is 23.9. The summed E-state index contributed by atoms with van der Waals surface area (Å²) in [6.07, 6.45) is -1.10. The average Bonchev–Trinajstić information content (AvgIpc) is 2.81. The van der Waals surface area contributed by atoms with Crippen molar-refractivity contribution >= 4 is 17.7 Å². The minimum atomic E-state index is -1.10. The van der Waals surface area contributed by atoms with E-state index in [0.717, 1.165) is 0 Å². The summed E-state index contributed by atoms with van der Waals surface area (Å²) in [7, 11) is 1.53. The van der Waals surface area contributed by atoms with Crippen LogP contribution >= 0.6 is 0 Å². The molecule has 0 spiro atoms. The molecule has 3 aromatic rings. The molecule has 1 atom stereocenters. The highest BCUT2D eigenvalue weighted by Crippen LogP contribution is 2.22. The Labute approximate surface area is 174 Å². The van der Waals surface area contributed by atoms with E-state index in [1.54, 1.807) is 78.9 Å². The minimum Gasteiger partial charge on any atom is -0.497 e. The van der Waals surface area contributed by atoms with Gasteiger partial charge in [-0.3, -0.25) is 14.4 Å². The maximum absolute atomic E-state index is 12.9. The molecular weight excluding hydrogens is 382 g/mol. The van der Waals surface area contributed by atoms with E-state index in [-0.39, 0.29) is 12.3 Å². The predicted molar refractivity (Wildman–Crippen MR) is 111 cm³/mol. The van der Waals surface area contributed by atoms with E-state index < -0.39 is 18.0 Å². The molecule has 0 saturated carbocycles. The van der Waals surface area contributed by atoms with Gasteiger partial charge in [0.1, 0.15) is 12.3 Å². The van der Waals surface area contributed by atoms with Crippen molar-refractivity contribution in [3.63, 3.8) is 0 Å². The third-order valence-electron chi connectivity index (χ3n) is 4.39. The van der Waals surface area contributed by atoms with Crippen molar-refractivity contribution in [1.29, 1.82) is 0 Å². The summed E-state index contributed by atoms with van der Waals surface area (Å²) >= 11 is 0. The van der Waals surface area contributed by atoms with Gasteiger partial charge in [0.15, 0.2) is 6.10 Å². The van der Waals surface area contributed by atoms with Crippen molar-refractivity contribution in [2.75, 3.05) is 13.7 Å². The maximum atomic E-state index is 12.9. The Hall–Kier alpha value is -3.93. The SMILES string of the molecule is COc1ccc(C(=O)NCC(=O)OC(C(=O)c2ccccc2)c2ccccc2)cc1. The molecule has 0 aliphatic heterocycles. The van der Waals surface area contributed by atoms with Crippen molar-refractivity contribution in [2.45, 2.75) is 6.10 Å². The molecule has 3 aromatic carbocycles. The van der Waals surface area contributed by atoms with E-state index in [0.29, 0.717) is 22.4 Å². The fraction of sp³-hybridized carbons (Fsp3) is 0.125. The van der Waals surface area contributed by atoms with E-state index in [1.165, 1.54) is 7.11 Å². The number of amides is 1. The lowest BCUT2D eigenvalue weighted by Crippen LogP contribution is -2.32. The zero-order chi connectivity index (χ0) is 21.3. The molecule has 0 radical (unpaired) electrons. The molecule has 152 valence electrons. The first-order chi connectivity index (χ1) is 14.6. The van der Waals surface area contributed by atoms with E-state index in [9.17, 15) is 14.4 Å². The predicted octanol–water partition coefficient (Wildman–Crippen LogP) is 3.59. The molecule has 1 N–H and O–H groups in total. The number of carbonyl (C=O) groups excluding carboxylic acids is 3. The summed E-state index contributed by atoms with van der Waals surface area (Å²) in [6.45, 7) is -0.365. The molecule has 30 heavy (non-hydrogen) atoms. The molecule has 6 heteroatoms. The second-order valence-electron chi connectivity index (χ2n) is 6.42. The van der Waals surface area contributed by atoms with Gasteiger partial charge in [-0.05, 0) is 24.3 Å². The molecular formula is C24H21NO5.